The number of furan rings is 1. The number of aromatic amines is 1. The predicted octanol–water partition coefficient (Wildman–Crippen LogP) is 3.44. The van der Waals surface area contributed by atoms with Gasteiger partial charge in [-0.05, 0) is 24.3 Å². The molecule has 5 nitrogen and oxygen atoms in total. The lowest BCUT2D eigenvalue weighted by Crippen LogP contribution is -2.10. The van der Waals surface area contributed by atoms with Gasteiger partial charge in [0.1, 0.15) is 11.4 Å². The van der Waals surface area contributed by atoms with Crippen molar-refractivity contribution in [2.75, 3.05) is 19.0 Å². The van der Waals surface area contributed by atoms with E-state index in [0.717, 1.165) is 28.1 Å². The van der Waals surface area contributed by atoms with Crippen molar-refractivity contribution in [3.63, 3.8) is 0 Å². The van der Waals surface area contributed by atoms with Gasteiger partial charge < -0.3 is 14.3 Å². The third-order valence-electron chi connectivity index (χ3n) is 3.45. The Morgan fingerprint density at radius 2 is 1.90 bits per heavy atom. The monoisotopic (exact) mass is 278 g/mol. The summed E-state index contributed by atoms with van der Waals surface area (Å²) in [6.07, 6.45) is 0. The zero-order chi connectivity index (χ0) is 14.4. The molecule has 0 aliphatic rings. The first-order valence-corrected chi connectivity index (χ1v) is 6.74. The van der Waals surface area contributed by atoms with Gasteiger partial charge in [-0.3, -0.25) is 0 Å². The highest BCUT2D eigenvalue weighted by Gasteiger charge is 2.12. The summed E-state index contributed by atoms with van der Waals surface area (Å²) in [6, 6.07) is 13.8. The lowest BCUT2D eigenvalue weighted by molar-refractivity contribution is 0.626. The van der Waals surface area contributed by atoms with Gasteiger partial charge in [-0.25, -0.2) is 9.97 Å². The largest absolute Gasteiger partial charge is 0.453 e. The Hall–Kier alpha value is -2.82. The van der Waals surface area contributed by atoms with Crippen LogP contribution in [0.25, 0.3) is 33.7 Å². The number of hydrogen-bond acceptors (Lipinski definition) is 4. The predicted molar refractivity (Wildman–Crippen MR) is 83.4 cm³/mol. The van der Waals surface area contributed by atoms with Crippen LogP contribution in [-0.4, -0.2) is 29.0 Å². The van der Waals surface area contributed by atoms with Crippen molar-refractivity contribution in [1.29, 1.82) is 0 Å². The summed E-state index contributed by atoms with van der Waals surface area (Å²) >= 11 is 0. The summed E-state index contributed by atoms with van der Waals surface area (Å²) in [5, 5.41) is 1.06. The Kier molecular flexibility index (Phi) is 2.47. The molecule has 0 bridgehead atoms. The number of nitrogens with zero attached hydrogens (tertiary/aromatic N) is 3. The Bertz CT molecular complexity index is 903. The van der Waals surface area contributed by atoms with E-state index in [2.05, 4.69) is 15.0 Å². The molecule has 0 spiro atoms. The molecular formula is C16H14N4O. The summed E-state index contributed by atoms with van der Waals surface area (Å²) in [6.45, 7) is 0. The number of pyridine rings is 1. The molecule has 0 fully saturated rings. The Labute approximate surface area is 121 Å². The fourth-order valence-corrected chi connectivity index (χ4v) is 2.35. The number of benzene rings is 1. The van der Waals surface area contributed by atoms with Crippen LogP contribution in [0.1, 0.15) is 0 Å². The second-order valence-electron chi connectivity index (χ2n) is 5.17. The molecular weight excluding hydrogens is 264 g/mol. The molecule has 4 aromatic rings. The van der Waals surface area contributed by atoms with Crippen LogP contribution in [0.2, 0.25) is 0 Å². The SMILES string of the molecule is CN(C)c1ccc2[nH]c(-c3cc4ccccc4o3)nc2n1. The van der Waals surface area contributed by atoms with Crippen molar-refractivity contribution in [1.82, 2.24) is 15.0 Å². The molecule has 0 unspecified atom stereocenters. The first-order chi connectivity index (χ1) is 10.2. The van der Waals surface area contributed by atoms with E-state index < -0.39 is 0 Å². The van der Waals surface area contributed by atoms with Crippen LogP contribution < -0.4 is 4.90 Å². The van der Waals surface area contributed by atoms with Crippen molar-refractivity contribution < 1.29 is 4.42 Å². The van der Waals surface area contributed by atoms with Crippen LogP contribution in [0.4, 0.5) is 5.82 Å². The number of aromatic nitrogens is 3. The lowest BCUT2D eigenvalue weighted by atomic mass is 10.2. The van der Waals surface area contributed by atoms with Crippen LogP contribution in [0.3, 0.4) is 0 Å². The van der Waals surface area contributed by atoms with Crippen LogP contribution in [0.5, 0.6) is 0 Å². The Morgan fingerprint density at radius 1 is 1.05 bits per heavy atom. The van der Waals surface area contributed by atoms with E-state index in [0.29, 0.717) is 11.5 Å². The summed E-state index contributed by atoms with van der Waals surface area (Å²) < 4.78 is 5.83. The van der Waals surface area contributed by atoms with E-state index in [9.17, 15) is 0 Å². The number of hydrogen-bond donors (Lipinski definition) is 1. The molecule has 0 saturated heterocycles. The van der Waals surface area contributed by atoms with Gasteiger partial charge in [-0.2, -0.15) is 0 Å². The molecule has 4 rings (SSSR count). The van der Waals surface area contributed by atoms with E-state index in [-0.39, 0.29) is 0 Å². The van der Waals surface area contributed by atoms with Crippen molar-refractivity contribution in [2.24, 2.45) is 0 Å². The maximum Gasteiger partial charge on any atom is 0.180 e. The van der Waals surface area contributed by atoms with E-state index in [1.54, 1.807) is 0 Å². The first-order valence-electron chi connectivity index (χ1n) is 6.74. The average molecular weight is 278 g/mol. The summed E-state index contributed by atoms with van der Waals surface area (Å²) in [4.78, 5) is 14.3. The standard InChI is InChI=1S/C16H14N4O/c1-20(2)14-8-7-11-15(18-14)19-16(17-11)13-9-10-5-3-4-6-12(10)21-13/h3-9H,1-2H3,(H,17,18,19). The molecule has 5 heteroatoms. The Balaban J connectivity index is 1.86. The van der Waals surface area contributed by atoms with E-state index in [1.165, 1.54) is 0 Å². The molecule has 0 amide bonds. The smallest absolute Gasteiger partial charge is 0.180 e. The number of H-pyrrole nitrogens is 1. The van der Waals surface area contributed by atoms with E-state index in [4.69, 9.17) is 4.42 Å². The summed E-state index contributed by atoms with van der Waals surface area (Å²) in [5.41, 5.74) is 2.45. The third-order valence-corrected chi connectivity index (χ3v) is 3.45. The highest BCUT2D eigenvalue weighted by atomic mass is 16.3. The molecule has 104 valence electrons. The van der Waals surface area contributed by atoms with Crippen molar-refractivity contribution in [2.45, 2.75) is 0 Å². The molecule has 0 radical (unpaired) electrons. The van der Waals surface area contributed by atoms with E-state index >= 15 is 0 Å². The highest BCUT2D eigenvalue weighted by Crippen LogP contribution is 2.27. The maximum absolute atomic E-state index is 5.83. The minimum atomic E-state index is 0.691. The highest BCUT2D eigenvalue weighted by molar-refractivity contribution is 5.83. The number of nitrogens with one attached hydrogen (secondary N) is 1. The molecule has 1 aromatic carbocycles. The number of anilines is 1. The second-order valence-corrected chi connectivity index (χ2v) is 5.17. The second kappa shape index (κ2) is 4.34. The molecule has 0 aliphatic heterocycles. The quantitative estimate of drug-likeness (QED) is 0.610. The van der Waals surface area contributed by atoms with Gasteiger partial charge in [0.15, 0.2) is 17.2 Å². The minimum absolute atomic E-state index is 0.691. The molecule has 3 heterocycles. The van der Waals surface area contributed by atoms with Gasteiger partial charge in [0.25, 0.3) is 0 Å². The molecule has 3 aromatic heterocycles. The molecule has 1 N–H and O–H groups in total. The van der Waals surface area contributed by atoms with E-state index in [1.807, 2.05) is 61.5 Å². The van der Waals surface area contributed by atoms with Crippen LogP contribution in [-0.2, 0) is 0 Å². The zero-order valence-electron chi connectivity index (χ0n) is 11.8. The van der Waals surface area contributed by atoms with Crippen molar-refractivity contribution >= 4 is 28.0 Å². The van der Waals surface area contributed by atoms with Gasteiger partial charge in [0.05, 0.1) is 5.52 Å². The fraction of sp³-hybridized carbons (Fsp3) is 0.125. The first kappa shape index (κ1) is 12.0. The molecule has 0 aliphatic carbocycles. The molecule has 0 saturated carbocycles. The van der Waals surface area contributed by atoms with Gasteiger partial charge in [-0.1, -0.05) is 18.2 Å². The Morgan fingerprint density at radius 3 is 2.71 bits per heavy atom. The normalized spacial score (nSPS) is 11.3. The average Bonchev–Trinajstić information content (AvgIpc) is 3.09. The molecule has 0 atom stereocenters. The zero-order valence-corrected chi connectivity index (χ0v) is 11.8. The van der Waals surface area contributed by atoms with Crippen LogP contribution >= 0.6 is 0 Å². The lowest BCUT2D eigenvalue weighted by Gasteiger charge is -2.09. The van der Waals surface area contributed by atoms with Crippen molar-refractivity contribution in [3.05, 3.63) is 42.5 Å². The van der Waals surface area contributed by atoms with Gasteiger partial charge in [0.2, 0.25) is 0 Å². The summed E-state index contributed by atoms with van der Waals surface area (Å²) in [7, 11) is 3.92. The topological polar surface area (TPSA) is 58.0 Å². The number of para-hydroxylation sites is 1. The number of imidazole rings is 1. The molecule has 21 heavy (non-hydrogen) atoms. The fourth-order valence-electron chi connectivity index (χ4n) is 2.35. The number of rotatable bonds is 2. The number of fused-ring (bicyclic) bond motifs is 2. The van der Waals surface area contributed by atoms with Crippen LogP contribution in [0, 0.1) is 0 Å². The minimum Gasteiger partial charge on any atom is -0.453 e. The summed E-state index contributed by atoms with van der Waals surface area (Å²) in [5.74, 6) is 2.30. The van der Waals surface area contributed by atoms with Crippen molar-refractivity contribution in [3.8, 4) is 11.6 Å². The van der Waals surface area contributed by atoms with Gasteiger partial charge in [0, 0.05) is 19.5 Å². The van der Waals surface area contributed by atoms with Crippen LogP contribution in [0.15, 0.2) is 46.9 Å². The third kappa shape index (κ3) is 1.94. The maximum atomic E-state index is 5.83. The van der Waals surface area contributed by atoms with Gasteiger partial charge >= 0.3 is 0 Å². The van der Waals surface area contributed by atoms with Gasteiger partial charge in [-0.15, -0.1) is 0 Å².